The number of rotatable bonds is 4. The molecule has 0 amide bonds. The molecule has 0 radical (unpaired) electrons. The fourth-order valence-electron chi connectivity index (χ4n) is 2.32. The van der Waals surface area contributed by atoms with Crippen LogP contribution in [-0.4, -0.2) is 17.4 Å². The summed E-state index contributed by atoms with van der Waals surface area (Å²) >= 11 is 0. The van der Waals surface area contributed by atoms with E-state index in [1.165, 1.54) is 0 Å². The first-order valence-electron chi connectivity index (χ1n) is 6.63. The van der Waals surface area contributed by atoms with Gasteiger partial charge in [0.2, 0.25) is 0 Å². The summed E-state index contributed by atoms with van der Waals surface area (Å²) in [5.74, 6) is 1.28. The van der Waals surface area contributed by atoms with Crippen LogP contribution in [-0.2, 0) is 6.61 Å². The summed E-state index contributed by atoms with van der Waals surface area (Å²) in [6.07, 6.45) is 0. The third-order valence-electron chi connectivity index (χ3n) is 3.34. The van der Waals surface area contributed by atoms with Crippen molar-refractivity contribution in [3.63, 3.8) is 0 Å². The van der Waals surface area contributed by atoms with Gasteiger partial charge in [0.25, 0.3) is 0 Å². The molecular weight excluding hydrogens is 266 g/mol. The fourth-order valence-corrected chi connectivity index (χ4v) is 2.32. The van der Waals surface area contributed by atoms with Crippen LogP contribution in [0, 0.1) is 0 Å². The first-order valence-corrected chi connectivity index (χ1v) is 6.63. The highest BCUT2D eigenvalue weighted by Crippen LogP contribution is 2.36. The van der Waals surface area contributed by atoms with Gasteiger partial charge in [0.15, 0.2) is 5.76 Å². The number of para-hydroxylation sites is 1. The van der Waals surface area contributed by atoms with E-state index in [2.05, 4.69) is 5.16 Å². The quantitative estimate of drug-likeness (QED) is 0.795. The van der Waals surface area contributed by atoms with E-state index in [1.54, 1.807) is 7.11 Å². The second-order valence-electron chi connectivity index (χ2n) is 4.56. The number of aromatic nitrogens is 1. The number of hydrogen-bond acceptors (Lipinski definition) is 4. The van der Waals surface area contributed by atoms with Crippen molar-refractivity contribution < 1.29 is 14.4 Å². The van der Waals surface area contributed by atoms with Crippen molar-refractivity contribution in [2.24, 2.45) is 0 Å². The summed E-state index contributed by atoms with van der Waals surface area (Å²) in [5, 5.41) is 13.9. The Morgan fingerprint density at radius 1 is 1.05 bits per heavy atom. The van der Waals surface area contributed by atoms with Crippen molar-refractivity contribution in [3.05, 3.63) is 60.2 Å². The maximum atomic E-state index is 9.73. The molecule has 0 aliphatic carbocycles. The third kappa shape index (κ3) is 2.41. The van der Waals surface area contributed by atoms with Gasteiger partial charge in [-0.25, -0.2) is 0 Å². The molecule has 0 unspecified atom stereocenters. The van der Waals surface area contributed by atoms with E-state index >= 15 is 0 Å². The molecule has 3 rings (SSSR count). The van der Waals surface area contributed by atoms with Crippen LogP contribution in [0.1, 0.15) is 5.56 Å². The maximum Gasteiger partial charge on any atom is 0.173 e. The molecule has 0 bridgehead atoms. The van der Waals surface area contributed by atoms with E-state index in [0.29, 0.717) is 22.8 Å². The Morgan fingerprint density at radius 2 is 1.76 bits per heavy atom. The molecule has 0 aliphatic heterocycles. The summed E-state index contributed by atoms with van der Waals surface area (Å²) in [7, 11) is 1.61. The van der Waals surface area contributed by atoms with E-state index in [1.807, 2.05) is 54.6 Å². The highest BCUT2D eigenvalue weighted by molar-refractivity contribution is 5.75. The summed E-state index contributed by atoms with van der Waals surface area (Å²) in [4.78, 5) is 0. The lowest BCUT2D eigenvalue weighted by molar-refractivity contribution is 0.281. The summed E-state index contributed by atoms with van der Waals surface area (Å²) < 4.78 is 10.8. The molecule has 2 aromatic carbocycles. The molecular formula is C17H15NO3. The summed E-state index contributed by atoms with van der Waals surface area (Å²) in [6, 6.07) is 17.1. The average Bonchev–Trinajstić information content (AvgIpc) is 2.99. The lowest BCUT2D eigenvalue weighted by atomic mass is 10.0. The van der Waals surface area contributed by atoms with E-state index in [9.17, 15) is 5.11 Å². The average molecular weight is 281 g/mol. The number of methoxy groups -OCH3 is 1. The lowest BCUT2D eigenvalue weighted by Gasteiger charge is -2.06. The van der Waals surface area contributed by atoms with Gasteiger partial charge in [-0.2, -0.15) is 0 Å². The molecule has 0 saturated carbocycles. The lowest BCUT2D eigenvalue weighted by Crippen LogP contribution is -1.92. The molecule has 3 aromatic rings. The Morgan fingerprint density at radius 3 is 2.48 bits per heavy atom. The van der Waals surface area contributed by atoms with Crippen molar-refractivity contribution in [2.45, 2.75) is 6.61 Å². The molecule has 0 saturated heterocycles. The SMILES string of the molecule is COc1ccccc1-c1noc(-c2ccccc2)c1CO. The van der Waals surface area contributed by atoms with E-state index in [-0.39, 0.29) is 6.61 Å². The molecule has 1 N–H and O–H groups in total. The van der Waals surface area contributed by atoms with Crippen molar-refractivity contribution in [1.29, 1.82) is 0 Å². The number of ether oxygens (including phenoxy) is 1. The van der Waals surface area contributed by atoms with Gasteiger partial charge in [-0.05, 0) is 12.1 Å². The molecule has 4 heteroatoms. The molecule has 0 spiro atoms. The first kappa shape index (κ1) is 13.4. The zero-order valence-electron chi connectivity index (χ0n) is 11.6. The fraction of sp³-hybridized carbons (Fsp3) is 0.118. The van der Waals surface area contributed by atoms with Crippen molar-refractivity contribution in [2.75, 3.05) is 7.11 Å². The van der Waals surface area contributed by atoms with E-state index in [0.717, 1.165) is 11.1 Å². The van der Waals surface area contributed by atoms with Crippen LogP contribution < -0.4 is 4.74 Å². The summed E-state index contributed by atoms with van der Waals surface area (Å²) in [5.41, 5.74) is 2.95. The zero-order chi connectivity index (χ0) is 14.7. The van der Waals surface area contributed by atoms with Crippen LogP contribution >= 0.6 is 0 Å². The van der Waals surface area contributed by atoms with Gasteiger partial charge in [0.05, 0.1) is 19.3 Å². The van der Waals surface area contributed by atoms with Crippen LogP contribution in [0.2, 0.25) is 0 Å². The Bertz CT molecular complexity index is 735. The van der Waals surface area contributed by atoms with Gasteiger partial charge < -0.3 is 14.4 Å². The molecule has 0 aliphatic rings. The summed E-state index contributed by atoms with van der Waals surface area (Å²) in [6.45, 7) is -0.152. The van der Waals surface area contributed by atoms with Gasteiger partial charge in [-0.15, -0.1) is 0 Å². The molecule has 0 fully saturated rings. The molecule has 106 valence electrons. The minimum atomic E-state index is -0.152. The number of nitrogens with zero attached hydrogens (tertiary/aromatic N) is 1. The highest BCUT2D eigenvalue weighted by atomic mass is 16.5. The van der Waals surface area contributed by atoms with Gasteiger partial charge in [0.1, 0.15) is 11.4 Å². The number of aliphatic hydroxyl groups excluding tert-OH is 1. The van der Waals surface area contributed by atoms with Gasteiger partial charge in [-0.1, -0.05) is 47.6 Å². The van der Waals surface area contributed by atoms with Crippen LogP contribution in [0.3, 0.4) is 0 Å². The Labute approximate surface area is 122 Å². The standard InChI is InChI=1S/C17H15NO3/c1-20-15-10-6-5-9-13(15)16-14(11-19)17(21-18-16)12-7-3-2-4-8-12/h2-10,19H,11H2,1H3. The van der Waals surface area contributed by atoms with Crippen LogP contribution in [0.15, 0.2) is 59.1 Å². The van der Waals surface area contributed by atoms with Gasteiger partial charge in [-0.3, -0.25) is 0 Å². The molecule has 0 atom stereocenters. The molecule has 1 heterocycles. The Hall–Kier alpha value is -2.59. The van der Waals surface area contributed by atoms with Crippen molar-refractivity contribution in [3.8, 4) is 28.3 Å². The smallest absolute Gasteiger partial charge is 0.173 e. The second kappa shape index (κ2) is 5.81. The highest BCUT2D eigenvalue weighted by Gasteiger charge is 2.20. The van der Waals surface area contributed by atoms with Crippen molar-refractivity contribution >= 4 is 0 Å². The molecule has 21 heavy (non-hydrogen) atoms. The second-order valence-corrected chi connectivity index (χ2v) is 4.56. The minimum Gasteiger partial charge on any atom is -0.496 e. The van der Waals surface area contributed by atoms with Crippen LogP contribution in [0.4, 0.5) is 0 Å². The van der Waals surface area contributed by atoms with Crippen LogP contribution in [0.5, 0.6) is 5.75 Å². The first-order chi connectivity index (χ1) is 10.3. The largest absolute Gasteiger partial charge is 0.496 e. The van der Waals surface area contributed by atoms with E-state index < -0.39 is 0 Å². The Balaban J connectivity index is 2.15. The minimum absolute atomic E-state index is 0.152. The molecule has 4 nitrogen and oxygen atoms in total. The van der Waals surface area contributed by atoms with Gasteiger partial charge >= 0.3 is 0 Å². The number of aliphatic hydroxyl groups is 1. The molecule has 1 aromatic heterocycles. The predicted molar refractivity (Wildman–Crippen MR) is 79.8 cm³/mol. The van der Waals surface area contributed by atoms with Gasteiger partial charge in [0, 0.05) is 11.1 Å². The normalized spacial score (nSPS) is 10.6. The predicted octanol–water partition coefficient (Wildman–Crippen LogP) is 3.51. The Kier molecular flexibility index (Phi) is 3.71. The maximum absolute atomic E-state index is 9.73. The monoisotopic (exact) mass is 281 g/mol. The van der Waals surface area contributed by atoms with E-state index in [4.69, 9.17) is 9.26 Å². The zero-order valence-corrected chi connectivity index (χ0v) is 11.6. The topological polar surface area (TPSA) is 55.5 Å². The number of hydrogen-bond donors (Lipinski definition) is 1. The third-order valence-corrected chi connectivity index (χ3v) is 3.34. The van der Waals surface area contributed by atoms with Crippen LogP contribution in [0.25, 0.3) is 22.6 Å². The van der Waals surface area contributed by atoms with Crippen molar-refractivity contribution in [1.82, 2.24) is 5.16 Å². The number of benzene rings is 2.